The lowest BCUT2D eigenvalue weighted by molar-refractivity contribution is -0.946. The molecule has 0 radical (unpaired) electrons. The molecule has 1 rings (SSSR count). The van der Waals surface area contributed by atoms with E-state index in [1.165, 1.54) is 32.1 Å². The van der Waals surface area contributed by atoms with Crippen LogP contribution < -0.4 is 17.0 Å². The predicted octanol–water partition coefficient (Wildman–Crippen LogP) is -2.36. The van der Waals surface area contributed by atoms with Crippen LogP contribution in [0.15, 0.2) is 0 Å². The van der Waals surface area contributed by atoms with Crippen LogP contribution in [0.4, 0.5) is 0 Å². The molecule has 0 aromatic heterocycles. The van der Waals surface area contributed by atoms with Crippen LogP contribution in [-0.2, 0) is 0 Å². The summed E-state index contributed by atoms with van der Waals surface area (Å²) in [6.45, 7) is 3.25. The van der Waals surface area contributed by atoms with Gasteiger partial charge in [0, 0.05) is 0 Å². The molecule has 0 bridgehead atoms. The number of hydrogen-bond acceptors (Lipinski definition) is 4. The van der Waals surface area contributed by atoms with Gasteiger partial charge in [0.2, 0.25) is 0 Å². The van der Waals surface area contributed by atoms with E-state index in [2.05, 4.69) is 6.92 Å². The van der Waals surface area contributed by atoms with Crippen molar-refractivity contribution >= 4 is 0 Å². The summed E-state index contributed by atoms with van der Waals surface area (Å²) >= 11 is 0. The fourth-order valence-corrected chi connectivity index (χ4v) is 3.49. The summed E-state index contributed by atoms with van der Waals surface area (Å²) < 4.78 is 0.435. The van der Waals surface area contributed by atoms with Crippen molar-refractivity contribution in [1.29, 1.82) is 0 Å². The number of likely N-dealkylation sites (tertiary alicyclic amines) is 1. The van der Waals surface area contributed by atoms with Crippen LogP contribution in [0, 0.1) is 0 Å². The molecule has 1 fully saturated rings. The summed E-state index contributed by atoms with van der Waals surface area (Å²) in [6, 6.07) is -0.413. The maximum Gasteiger partial charge on any atom is 0.141 e. The van der Waals surface area contributed by atoms with E-state index in [0.29, 0.717) is 11.0 Å². The average molecular weight is 384 g/mol. The first-order valence-corrected chi connectivity index (χ1v) is 8.45. The molecule has 134 valence electrons. The first-order valence-electron chi connectivity index (χ1n) is 8.45. The van der Waals surface area contributed by atoms with Crippen LogP contribution in [0.3, 0.4) is 0 Å². The van der Waals surface area contributed by atoms with Gasteiger partial charge in [-0.15, -0.1) is 0 Å². The van der Waals surface area contributed by atoms with E-state index in [1.54, 1.807) is 0 Å². The molecule has 6 heteroatoms. The fraction of sp³-hybridized carbons (Fsp3) is 1.00. The normalized spacial score (nSPS) is 35.2. The highest BCUT2D eigenvalue weighted by Gasteiger charge is 2.49. The van der Waals surface area contributed by atoms with Gasteiger partial charge in [0.25, 0.3) is 0 Å². The lowest BCUT2D eigenvalue weighted by atomic mass is 9.91. The zero-order valence-corrected chi connectivity index (χ0v) is 15.6. The van der Waals surface area contributed by atoms with Gasteiger partial charge in [-0.2, -0.15) is 0 Å². The van der Waals surface area contributed by atoms with Gasteiger partial charge >= 0.3 is 0 Å². The van der Waals surface area contributed by atoms with E-state index in [-0.39, 0.29) is 23.6 Å². The van der Waals surface area contributed by atoms with Crippen LogP contribution in [0.1, 0.15) is 51.9 Å². The zero-order valence-electron chi connectivity index (χ0n) is 14.0. The molecule has 0 amide bonds. The maximum atomic E-state index is 10.1. The largest absolute Gasteiger partial charge is 1.00 e. The number of aliphatic hydroxyl groups is 4. The minimum Gasteiger partial charge on any atom is -1.00 e. The number of likely N-dealkylation sites (N-methyl/N-ethyl adjacent to an activating group) is 1. The van der Waals surface area contributed by atoms with Gasteiger partial charge in [0.1, 0.15) is 30.9 Å². The molecule has 5 nitrogen and oxygen atoms in total. The molecule has 4 N–H and O–H groups in total. The maximum absolute atomic E-state index is 10.1. The molecule has 1 saturated heterocycles. The summed E-state index contributed by atoms with van der Waals surface area (Å²) in [4.78, 5) is 0. The third kappa shape index (κ3) is 6.06. The third-order valence-corrected chi connectivity index (χ3v) is 5.00. The Balaban J connectivity index is 0.00000441. The molecular formula is C16H34BrNO4. The Morgan fingerprint density at radius 1 is 0.909 bits per heavy atom. The minimum atomic E-state index is -1.15. The average Bonchev–Trinajstić information content (AvgIpc) is 2.44. The van der Waals surface area contributed by atoms with Crippen molar-refractivity contribution < 1.29 is 41.9 Å². The number of hydrogen-bond donors (Lipinski definition) is 4. The highest BCUT2D eigenvalue weighted by Crippen LogP contribution is 2.26. The Hall–Kier alpha value is 0.280. The summed E-state index contributed by atoms with van der Waals surface area (Å²) in [5, 5.41) is 39.2. The predicted molar refractivity (Wildman–Crippen MR) is 82.8 cm³/mol. The molecule has 0 aromatic rings. The number of nitrogens with zero attached hydrogens (tertiary/aromatic N) is 1. The topological polar surface area (TPSA) is 80.9 Å². The van der Waals surface area contributed by atoms with Crippen molar-refractivity contribution in [2.45, 2.75) is 76.2 Å². The van der Waals surface area contributed by atoms with Crippen molar-refractivity contribution in [3.05, 3.63) is 0 Å². The van der Waals surface area contributed by atoms with Crippen LogP contribution in [0.25, 0.3) is 0 Å². The number of piperidine rings is 1. The molecule has 1 aliphatic rings. The van der Waals surface area contributed by atoms with Crippen molar-refractivity contribution in [2.75, 3.05) is 26.7 Å². The summed E-state index contributed by atoms with van der Waals surface area (Å²) in [5.41, 5.74) is 0. The monoisotopic (exact) mass is 383 g/mol. The quantitative estimate of drug-likeness (QED) is 0.265. The summed E-state index contributed by atoms with van der Waals surface area (Å²) in [5.74, 6) is 0. The first kappa shape index (κ1) is 22.3. The van der Waals surface area contributed by atoms with Crippen LogP contribution in [-0.4, -0.2) is 76.0 Å². The second kappa shape index (κ2) is 10.9. The molecule has 22 heavy (non-hydrogen) atoms. The molecule has 1 aliphatic heterocycles. The van der Waals surface area contributed by atoms with Gasteiger partial charge in [0.05, 0.1) is 20.2 Å². The van der Waals surface area contributed by atoms with Gasteiger partial charge in [-0.1, -0.05) is 39.0 Å². The zero-order chi connectivity index (χ0) is 15.9. The molecule has 0 aliphatic carbocycles. The summed E-state index contributed by atoms with van der Waals surface area (Å²) in [6.07, 6.45) is 5.38. The van der Waals surface area contributed by atoms with Crippen LogP contribution in [0.2, 0.25) is 0 Å². The molecule has 1 heterocycles. The molecular weight excluding hydrogens is 350 g/mol. The van der Waals surface area contributed by atoms with E-state index >= 15 is 0 Å². The lowest BCUT2D eigenvalue weighted by Gasteiger charge is -2.49. The van der Waals surface area contributed by atoms with Crippen molar-refractivity contribution in [3.63, 3.8) is 0 Å². The van der Waals surface area contributed by atoms with E-state index in [0.717, 1.165) is 19.4 Å². The van der Waals surface area contributed by atoms with Crippen molar-refractivity contribution in [2.24, 2.45) is 0 Å². The highest BCUT2D eigenvalue weighted by atomic mass is 79.9. The minimum absolute atomic E-state index is 0. The van der Waals surface area contributed by atoms with Crippen LogP contribution in [0.5, 0.6) is 0 Å². The van der Waals surface area contributed by atoms with Gasteiger partial charge in [-0.25, -0.2) is 0 Å². The Bertz CT molecular complexity index is 295. The van der Waals surface area contributed by atoms with Gasteiger partial charge in [-0.05, 0) is 12.8 Å². The molecule has 0 aromatic carbocycles. The van der Waals surface area contributed by atoms with E-state index < -0.39 is 24.4 Å². The lowest BCUT2D eigenvalue weighted by Crippen LogP contribution is -3.00. The molecule has 1 unspecified atom stereocenters. The van der Waals surface area contributed by atoms with Crippen LogP contribution >= 0.6 is 0 Å². The second-order valence-corrected chi connectivity index (χ2v) is 6.81. The van der Waals surface area contributed by atoms with E-state index in [9.17, 15) is 20.4 Å². The number of unbranched alkanes of at least 4 members (excludes halogenated alkanes) is 6. The van der Waals surface area contributed by atoms with E-state index in [1.807, 2.05) is 7.05 Å². The molecule has 0 saturated carbocycles. The Kier molecular flexibility index (Phi) is 11.1. The standard InChI is InChI=1S/C16H34NO4.BrH/c1-3-4-5-6-7-8-9-10-17(2)11-14(19)16(21)15(20)13(17)12-18;/h13-16,18-21H,3-12H2,1-2H3;1H/q+1;/p-1/t13-,14-,15-,16-,17?;/m1./s1. The van der Waals surface area contributed by atoms with Gasteiger partial charge in [-0.3, -0.25) is 0 Å². The molecule has 0 spiro atoms. The van der Waals surface area contributed by atoms with Crippen molar-refractivity contribution in [3.8, 4) is 0 Å². The Morgan fingerprint density at radius 2 is 1.45 bits per heavy atom. The fourth-order valence-electron chi connectivity index (χ4n) is 3.49. The summed E-state index contributed by atoms with van der Waals surface area (Å²) in [7, 11) is 1.95. The van der Waals surface area contributed by atoms with Gasteiger partial charge in [0.15, 0.2) is 0 Å². The number of halogens is 1. The number of rotatable bonds is 9. The SMILES string of the molecule is CCCCCCCCC[N+]1(C)C[C@@H](O)[C@@H](O)[C@H](O)[C@H]1CO.[Br-]. The molecule has 5 atom stereocenters. The van der Waals surface area contributed by atoms with E-state index in [4.69, 9.17) is 0 Å². The second-order valence-electron chi connectivity index (χ2n) is 6.81. The number of quaternary nitrogens is 1. The van der Waals surface area contributed by atoms with Crippen molar-refractivity contribution in [1.82, 2.24) is 0 Å². The van der Waals surface area contributed by atoms with Gasteiger partial charge < -0.3 is 41.9 Å². The smallest absolute Gasteiger partial charge is 0.141 e. The Morgan fingerprint density at radius 3 is 2.00 bits per heavy atom. The third-order valence-electron chi connectivity index (χ3n) is 5.00. The highest BCUT2D eigenvalue weighted by molar-refractivity contribution is 4.87. The number of aliphatic hydroxyl groups excluding tert-OH is 4. The Labute approximate surface area is 145 Å². The first-order chi connectivity index (χ1) is 9.96.